The summed E-state index contributed by atoms with van der Waals surface area (Å²) in [6.45, 7) is 3.68. The van der Waals surface area contributed by atoms with Gasteiger partial charge in [-0.3, -0.25) is 9.69 Å². The smallest absolute Gasteiger partial charge is 0.221 e. The van der Waals surface area contributed by atoms with Gasteiger partial charge in [-0.15, -0.1) is 0 Å². The Labute approximate surface area is 84.7 Å². The van der Waals surface area contributed by atoms with Crippen LogP contribution in [0.2, 0.25) is 0 Å². The van der Waals surface area contributed by atoms with E-state index in [1.807, 2.05) is 4.90 Å². The third-order valence-electron chi connectivity index (χ3n) is 2.66. The van der Waals surface area contributed by atoms with Crippen molar-refractivity contribution >= 4 is 5.91 Å². The maximum Gasteiger partial charge on any atom is 0.221 e. The van der Waals surface area contributed by atoms with Crippen LogP contribution in [0.15, 0.2) is 0 Å². The molecule has 1 heterocycles. The SMILES string of the molecule is CNC(=O)CCN1CCC[C@](C)(F)C1. The average molecular weight is 202 g/mol. The first-order valence-electron chi connectivity index (χ1n) is 5.15. The summed E-state index contributed by atoms with van der Waals surface area (Å²) in [7, 11) is 1.62. The van der Waals surface area contributed by atoms with E-state index < -0.39 is 5.67 Å². The Hall–Kier alpha value is -0.640. The first-order chi connectivity index (χ1) is 6.53. The van der Waals surface area contributed by atoms with Gasteiger partial charge < -0.3 is 5.32 Å². The Morgan fingerprint density at radius 1 is 1.64 bits per heavy atom. The zero-order valence-electron chi connectivity index (χ0n) is 8.98. The Morgan fingerprint density at radius 2 is 2.36 bits per heavy atom. The monoisotopic (exact) mass is 202 g/mol. The number of nitrogens with zero attached hydrogens (tertiary/aromatic N) is 1. The molecule has 82 valence electrons. The van der Waals surface area contributed by atoms with E-state index in [1.165, 1.54) is 0 Å². The van der Waals surface area contributed by atoms with Crippen LogP contribution in [0.25, 0.3) is 0 Å². The van der Waals surface area contributed by atoms with Crippen LogP contribution in [-0.4, -0.2) is 43.2 Å². The van der Waals surface area contributed by atoms with Crippen LogP contribution in [0.1, 0.15) is 26.2 Å². The number of nitrogens with one attached hydrogen (secondary N) is 1. The van der Waals surface area contributed by atoms with Gasteiger partial charge in [0.25, 0.3) is 0 Å². The number of piperidine rings is 1. The third kappa shape index (κ3) is 3.62. The minimum Gasteiger partial charge on any atom is -0.359 e. The highest BCUT2D eigenvalue weighted by Crippen LogP contribution is 2.24. The van der Waals surface area contributed by atoms with E-state index in [2.05, 4.69) is 5.32 Å². The van der Waals surface area contributed by atoms with Crippen molar-refractivity contribution in [2.75, 3.05) is 26.7 Å². The second-order valence-electron chi connectivity index (χ2n) is 4.22. The predicted octanol–water partition coefficient (Wildman–Crippen LogP) is 0.946. The summed E-state index contributed by atoms with van der Waals surface area (Å²) in [5.41, 5.74) is -1.07. The predicted molar refractivity (Wildman–Crippen MR) is 53.9 cm³/mol. The standard InChI is InChI=1S/C10H19FN2O/c1-10(11)5-3-6-13(8-10)7-4-9(14)12-2/h3-8H2,1-2H3,(H,12,14)/t10-/m0/s1. The van der Waals surface area contributed by atoms with Gasteiger partial charge in [0.2, 0.25) is 5.91 Å². The highest BCUT2D eigenvalue weighted by molar-refractivity contribution is 5.75. The Morgan fingerprint density at radius 3 is 2.93 bits per heavy atom. The van der Waals surface area contributed by atoms with Crippen LogP contribution in [0, 0.1) is 0 Å². The Kier molecular flexibility index (Phi) is 3.86. The lowest BCUT2D eigenvalue weighted by atomic mass is 9.97. The Bertz CT molecular complexity index is 206. The lowest BCUT2D eigenvalue weighted by molar-refractivity contribution is -0.121. The Balaban J connectivity index is 2.28. The van der Waals surface area contributed by atoms with Crippen LogP contribution in [0.4, 0.5) is 4.39 Å². The summed E-state index contributed by atoms with van der Waals surface area (Å²) >= 11 is 0. The van der Waals surface area contributed by atoms with Crippen molar-refractivity contribution in [1.82, 2.24) is 10.2 Å². The largest absolute Gasteiger partial charge is 0.359 e. The quantitative estimate of drug-likeness (QED) is 0.739. The van der Waals surface area contributed by atoms with Crippen LogP contribution in [0.3, 0.4) is 0 Å². The molecule has 1 aliphatic rings. The molecule has 0 aliphatic carbocycles. The summed E-state index contributed by atoms with van der Waals surface area (Å²) in [5, 5.41) is 2.57. The lowest BCUT2D eigenvalue weighted by Crippen LogP contribution is -2.44. The van der Waals surface area contributed by atoms with Crippen molar-refractivity contribution in [3.05, 3.63) is 0 Å². The van der Waals surface area contributed by atoms with Gasteiger partial charge in [0.1, 0.15) is 5.67 Å². The normalized spacial score (nSPS) is 28.8. The van der Waals surface area contributed by atoms with E-state index >= 15 is 0 Å². The zero-order valence-corrected chi connectivity index (χ0v) is 8.98. The number of likely N-dealkylation sites (tertiary alicyclic amines) is 1. The molecular weight excluding hydrogens is 183 g/mol. The van der Waals surface area contributed by atoms with E-state index in [1.54, 1.807) is 14.0 Å². The maximum atomic E-state index is 13.6. The molecule has 0 aromatic rings. The second kappa shape index (κ2) is 4.73. The van der Waals surface area contributed by atoms with E-state index in [9.17, 15) is 9.18 Å². The fourth-order valence-corrected chi connectivity index (χ4v) is 1.87. The molecule has 1 saturated heterocycles. The lowest BCUT2D eigenvalue weighted by Gasteiger charge is -2.34. The fraction of sp³-hybridized carbons (Fsp3) is 0.900. The molecule has 1 atom stereocenters. The van der Waals surface area contributed by atoms with Crippen molar-refractivity contribution in [3.63, 3.8) is 0 Å². The molecular formula is C10H19FN2O. The van der Waals surface area contributed by atoms with Gasteiger partial charge in [0.15, 0.2) is 0 Å². The molecule has 3 nitrogen and oxygen atoms in total. The van der Waals surface area contributed by atoms with Crippen molar-refractivity contribution in [3.8, 4) is 0 Å². The van der Waals surface area contributed by atoms with Crippen molar-refractivity contribution in [2.45, 2.75) is 31.9 Å². The highest BCUT2D eigenvalue weighted by Gasteiger charge is 2.30. The van der Waals surface area contributed by atoms with Crippen LogP contribution in [-0.2, 0) is 4.79 Å². The first kappa shape index (κ1) is 11.4. The third-order valence-corrected chi connectivity index (χ3v) is 2.66. The summed E-state index contributed by atoms with van der Waals surface area (Å²) in [5.74, 6) is 0.0242. The molecule has 14 heavy (non-hydrogen) atoms. The molecule has 1 aliphatic heterocycles. The van der Waals surface area contributed by atoms with Gasteiger partial charge >= 0.3 is 0 Å². The average Bonchev–Trinajstić information content (AvgIpc) is 2.12. The topological polar surface area (TPSA) is 32.3 Å². The number of carbonyl (C=O) groups is 1. The molecule has 0 unspecified atom stereocenters. The molecule has 0 radical (unpaired) electrons. The van der Waals surface area contributed by atoms with Gasteiger partial charge in [-0.05, 0) is 26.3 Å². The molecule has 0 spiro atoms. The summed E-state index contributed by atoms with van der Waals surface area (Å²) in [4.78, 5) is 13.0. The molecule has 0 aromatic carbocycles. The maximum absolute atomic E-state index is 13.6. The van der Waals surface area contributed by atoms with Crippen molar-refractivity contribution in [2.24, 2.45) is 0 Å². The molecule has 0 bridgehead atoms. The number of carbonyl (C=O) groups excluding carboxylic acids is 1. The molecule has 0 saturated carbocycles. The van der Waals surface area contributed by atoms with Gasteiger partial charge in [-0.1, -0.05) is 0 Å². The van der Waals surface area contributed by atoms with Crippen LogP contribution in [0.5, 0.6) is 0 Å². The molecule has 0 aromatic heterocycles. The van der Waals surface area contributed by atoms with Gasteiger partial charge in [0, 0.05) is 26.6 Å². The van der Waals surface area contributed by atoms with Crippen LogP contribution >= 0.6 is 0 Å². The minimum atomic E-state index is -1.07. The number of halogens is 1. The number of rotatable bonds is 3. The summed E-state index contributed by atoms with van der Waals surface area (Å²) in [6.07, 6.45) is 2.00. The van der Waals surface area contributed by atoms with Crippen LogP contribution < -0.4 is 5.32 Å². The van der Waals surface area contributed by atoms with Gasteiger partial charge in [0.05, 0.1) is 0 Å². The number of hydrogen-bond acceptors (Lipinski definition) is 2. The first-order valence-corrected chi connectivity index (χ1v) is 5.15. The van der Waals surface area contributed by atoms with E-state index in [-0.39, 0.29) is 5.91 Å². The molecule has 1 amide bonds. The summed E-state index contributed by atoms with van der Waals surface area (Å²) < 4.78 is 13.6. The highest BCUT2D eigenvalue weighted by atomic mass is 19.1. The summed E-state index contributed by atoms with van der Waals surface area (Å²) in [6, 6.07) is 0. The van der Waals surface area contributed by atoms with Gasteiger partial charge in [-0.25, -0.2) is 4.39 Å². The molecule has 4 heteroatoms. The van der Waals surface area contributed by atoms with E-state index in [0.29, 0.717) is 25.9 Å². The number of amides is 1. The van der Waals surface area contributed by atoms with Gasteiger partial charge in [-0.2, -0.15) is 0 Å². The minimum absolute atomic E-state index is 0.0242. The molecule has 1 rings (SSSR count). The number of alkyl halides is 1. The van der Waals surface area contributed by atoms with E-state index in [0.717, 1.165) is 13.0 Å². The molecule has 1 fully saturated rings. The van der Waals surface area contributed by atoms with E-state index in [4.69, 9.17) is 0 Å². The van der Waals surface area contributed by atoms with Crippen molar-refractivity contribution in [1.29, 1.82) is 0 Å². The fourth-order valence-electron chi connectivity index (χ4n) is 1.87. The van der Waals surface area contributed by atoms with Crippen molar-refractivity contribution < 1.29 is 9.18 Å². The molecule has 1 N–H and O–H groups in total. The second-order valence-corrected chi connectivity index (χ2v) is 4.22. The number of hydrogen-bond donors (Lipinski definition) is 1. The zero-order chi connectivity index (χ0) is 10.6.